The SMILES string of the molecule is Cc1nc(CN2CCN([C@H](C(=O)N[C@@H](Cc3ccccc3)[C@@H](O)CN(CC(C)C)S(=O)(=O)c3ccc(O)c(C(C)C)c3)C(C)C)O2)cs1. The molecule has 1 amide bonds. The monoisotopic (exact) mass is 701 g/mol. The lowest BCUT2D eigenvalue weighted by Gasteiger charge is -2.33. The van der Waals surface area contributed by atoms with Crippen molar-refractivity contribution in [3.05, 3.63) is 75.7 Å². The lowest BCUT2D eigenvalue weighted by molar-refractivity contribution is -0.290. The quantitative estimate of drug-likeness (QED) is 0.194. The number of aromatic nitrogens is 1. The molecule has 4 rings (SSSR count). The highest BCUT2D eigenvalue weighted by atomic mass is 32.2. The van der Waals surface area contributed by atoms with Crippen molar-refractivity contribution in [2.75, 3.05) is 26.2 Å². The van der Waals surface area contributed by atoms with Gasteiger partial charge in [-0.25, -0.2) is 18.3 Å². The molecule has 1 fully saturated rings. The number of aryl methyl sites for hydroxylation is 1. The lowest BCUT2D eigenvalue weighted by atomic mass is 9.98. The first-order chi connectivity index (χ1) is 22.6. The molecule has 3 aromatic rings. The van der Waals surface area contributed by atoms with Gasteiger partial charge in [0.15, 0.2) is 0 Å². The summed E-state index contributed by atoms with van der Waals surface area (Å²) < 4.78 is 29.4. The van der Waals surface area contributed by atoms with Crippen molar-refractivity contribution in [3.63, 3.8) is 0 Å². The summed E-state index contributed by atoms with van der Waals surface area (Å²) in [5, 5.41) is 31.6. The number of hydrogen-bond acceptors (Lipinski definition) is 10. The highest BCUT2D eigenvalue weighted by molar-refractivity contribution is 7.89. The van der Waals surface area contributed by atoms with Crippen molar-refractivity contribution in [2.45, 2.75) is 90.4 Å². The number of thiazole rings is 1. The van der Waals surface area contributed by atoms with Gasteiger partial charge in [-0.2, -0.15) is 14.4 Å². The smallest absolute Gasteiger partial charge is 0.243 e. The third-order valence-corrected chi connectivity index (χ3v) is 11.0. The summed E-state index contributed by atoms with van der Waals surface area (Å²) in [6, 6.07) is 12.3. The minimum Gasteiger partial charge on any atom is -0.508 e. The van der Waals surface area contributed by atoms with Gasteiger partial charge in [-0.1, -0.05) is 71.9 Å². The fraction of sp³-hybridized carbons (Fsp3) is 0.543. The molecular weight excluding hydrogens is 651 g/mol. The topological polar surface area (TPSA) is 136 Å². The van der Waals surface area contributed by atoms with Crippen LogP contribution in [-0.2, 0) is 32.7 Å². The molecule has 1 aromatic heterocycles. The summed E-state index contributed by atoms with van der Waals surface area (Å²) >= 11 is 1.58. The largest absolute Gasteiger partial charge is 0.508 e. The van der Waals surface area contributed by atoms with Gasteiger partial charge >= 0.3 is 0 Å². The van der Waals surface area contributed by atoms with Gasteiger partial charge < -0.3 is 15.5 Å². The molecule has 13 heteroatoms. The summed E-state index contributed by atoms with van der Waals surface area (Å²) in [6.07, 6.45) is -0.942. The van der Waals surface area contributed by atoms with Crippen LogP contribution in [-0.4, -0.2) is 88.3 Å². The molecule has 1 aliphatic rings. The maximum Gasteiger partial charge on any atom is 0.243 e. The Morgan fingerprint density at radius 3 is 2.38 bits per heavy atom. The number of carbonyl (C=O) groups is 1. The maximum atomic E-state index is 14.0. The number of nitrogens with zero attached hydrogens (tertiary/aromatic N) is 4. The molecule has 3 N–H and O–H groups in total. The molecule has 3 atom stereocenters. The Balaban J connectivity index is 1.57. The van der Waals surface area contributed by atoms with Crippen LogP contribution >= 0.6 is 11.3 Å². The first-order valence-corrected chi connectivity index (χ1v) is 18.9. The van der Waals surface area contributed by atoms with Gasteiger partial charge in [-0.3, -0.25) is 4.79 Å². The second-order valence-corrected chi connectivity index (χ2v) is 16.6. The molecular formula is C35H51N5O6S2. The number of hydroxylamine groups is 4. The zero-order valence-electron chi connectivity index (χ0n) is 29.0. The minimum absolute atomic E-state index is 0.0352. The van der Waals surface area contributed by atoms with Gasteiger partial charge in [0.25, 0.3) is 0 Å². The van der Waals surface area contributed by atoms with E-state index in [1.807, 2.05) is 84.2 Å². The lowest BCUT2D eigenvalue weighted by Crippen LogP contribution is -2.56. The number of phenolic OH excluding ortho intramolecular Hbond substituents is 1. The minimum atomic E-state index is -4.06. The number of hydrogen-bond donors (Lipinski definition) is 3. The molecule has 1 aliphatic heterocycles. The predicted octanol–water partition coefficient (Wildman–Crippen LogP) is 4.70. The Kier molecular flexibility index (Phi) is 13.2. The molecule has 0 bridgehead atoms. The first kappa shape index (κ1) is 37.9. The summed E-state index contributed by atoms with van der Waals surface area (Å²) in [5.41, 5.74) is 2.33. The predicted molar refractivity (Wildman–Crippen MR) is 188 cm³/mol. The number of sulfonamides is 1. The van der Waals surface area contributed by atoms with Crippen LogP contribution in [0.25, 0.3) is 0 Å². The van der Waals surface area contributed by atoms with E-state index in [1.165, 1.54) is 22.5 Å². The van der Waals surface area contributed by atoms with Crippen LogP contribution < -0.4 is 5.32 Å². The van der Waals surface area contributed by atoms with E-state index in [-0.39, 0.29) is 47.4 Å². The maximum absolute atomic E-state index is 14.0. The normalized spacial score (nSPS) is 16.7. The van der Waals surface area contributed by atoms with Crippen LogP contribution in [0, 0.1) is 18.8 Å². The van der Waals surface area contributed by atoms with E-state index in [2.05, 4.69) is 10.3 Å². The number of benzene rings is 2. The average molecular weight is 702 g/mol. The van der Waals surface area contributed by atoms with E-state index in [0.29, 0.717) is 31.6 Å². The Labute approximate surface area is 289 Å². The van der Waals surface area contributed by atoms with Crippen molar-refractivity contribution in [2.24, 2.45) is 11.8 Å². The van der Waals surface area contributed by atoms with Crippen LogP contribution in [0.3, 0.4) is 0 Å². The first-order valence-electron chi connectivity index (χ1n) is 16.6. The fourth-order valence-electron chi connectivity index (χ4n) is 5.90. The second-order valence-electron chi connectivity index (χ2n) is 13.6. The number of aromatic hydroxyl groups is 1. The van der Waals surface area contributed by atoms with Crippen molar-refractivity contribution < 1.29 is 28.4 Å². The van der Waals surface area contributed by atoms with Gasteiger partial charge in [-0.15, -0.1) is 11.3 Å². The summed E-state index contributed by atoms with van der Waals surface area (Å²) in [6.45, 7) is 15.0. The number of nitrogens with one attached hydrogen (secondary N) is 1. The molecule has 2 heterocycles. The molecule has 2 aromatic carbocycles. The Morgan fingerprint density at radius 2 is 1.77 bits per heavy atom. The molecule has 1 saturated heterocycles. The Bertz CT molecular complexity index is 1600. The molecule has 48 heavy (non-hydrogen) atoms. The van der Waals surface area contributed by atoms with E-state index in [4.69, 9.17) is 4.94 Å². The molecule has 11 nitrogen and oxygen atoms in total. The van der Waals surface area contributed by atoms with Gasteiger partial charge in [0.05, 0.1) is 34.3 Å². The van der Waals surface area contributed by atoms with Crippen LogP contribution in [0.5, 0.6) is 5.75 Å². The van der Waals surface area contributed by atoms with E-state index in [9.17, 15) is 23.4 Å². The number of phenols is 1. The van der Waals surface area contributed by atoms with Gasteiger partial charge in [0, 0.05) is 31.6 Å². The van der Waals surface area contributed by atoms with Crippen LogP contribution in [0.15, 0.2) is 58.8 Å². The summed E-state index contributed by atoms with van der Waals surface area (Å²) in [7, 11) is -4.06. The van der Waals surface area contributed by atoms with E-state index < -0.39 is 28.2 Å². The van der Waals surface area contributed by atoms with Gasteiger partial charge in [-0.05, 0) is 60.4 Å². The Morgan fingerprint density at radius 1 is 1.06 bits per heavy atom. The number of carbonyl (C=O) groups excluding carboxylic acids is 1. The van der Waals surface area contributed by atoms with E-state index in [1.54, 1.807) is 21.5 Å². The summed E-state index contributed by atoms with van der Waals surface area (Å²) in [5.74, 6) is -0.525. The molecule has 264 valence electrons. The van der Waals surface area contributed by atoms with Crippen molar-refractivity contribution >= 4 is 27.3 Å². The summed E-state index contributed by atoms with van der Waals surface area (Å²) in [4.78, 5) is 24.7. The highest BCUT2D eigenvalue weighted by Gasteiger charge is 2.38. The molecule has 0 radical (unpaired) electrons. The van der Waals surface area contributed by atoms with Gasteiger partial charge in [0.2, 0.25) is 15.9 Å². The molecule has 0 aliphatic carbocycles. The van der Waals surface area contributed by atoms with E-state index in [0.717, 1.165) is 16.3 Å². The fourth-order valence-corrected chi connectivity index (χ4v) is 8.16. The standard InChI is InChI=1S/C35H51N5O6S2/c1-23(2)19-39(48(44,45)29-13-14-32(41)30(18-29)24(3)4)21-33(42)31(17-27-11-9-8-10-12-27)37-35(43)34(25(5)6)40-16-15-38(46-40)20-28-22-47-26(7)36-28/h8-14,18,22-25,31,33-34,41-42H,15-17,19-21H2,1-7H3,(H,37,43)/t31-,33-,34-/m0/s1. The van der Waals surface area contributed by atoms with Crippen molar-refractivity contribution in [3.8, 4) is 5.75 Å². The third kappa shape index (κ3) is 9.84. The average Bonchev–Trinajstić information content (AvgIpc) is 3.64. The van der Waals surface area contributed by atoms with Gasteiger partial charge in [0.1, 0.15) is 11.8 Å². The van der Waals surface area contributed by atoms with Crippen molar-refractivity contribution in [1.82, 2.24) is 24.7 Å². The molecule has 0 spiro atoms. The molecule has 0 unspecified atom stereocenters. The number of aliphatic hydroxyl groups excluding tert-OH is 1. The number of aliphatic hydroxyl groups is 1. The third-order valence-electron chi connectivity index (χ3n) is 8.31. The zero-order valence-corrected chi connectivity index (χ0v) is 30.7. The highest BCUT2D eigenvalue weighted by Crippen LogP contribution is 2.30. The number of rotatable bonds is 16. The Hall–Kier alpha value is -2.91. The van der Waals surface area contributed by atoms with Crippen LogP contribution in [0.4, 0.5) is 0 Å². The van der Waals surface area contributed by atoms with Crippen LogP contribution in [0.2, 0.25) is 0 Å². The van der Waals surface area contributed by atoms with E-state index >= 15 is 0 Å². The second kappa shape index (κ2) is 16.7. The zero-order chi connectivity index (χ0) is 35.2. The van der Waals surface area contributed by atoms with Crippen molar-refractivity contribution in [1.29, 1.82) is 0 Å². The number of amides is 1. The molecule has 0 saturated carbocycles. The van der Waals surface area contributed by atoms with Crippen LogP contribution in [0.1, 0.15) is 69.3 Å².